The van der Waals surface area contributed by atoms with Crippen LogP contribution in [0.3, 0.4) is 0 Å². The Morgan fingerprint density at radius 1 is 1.50 bits per heavy atom. The second kappa shape index (κ2) is 5.52. The molecule has 0 saturated heterocycles. The Hall–Kier alpha value is -2.06. The Morgan fingerprint density at radius 2 is 2.33 bits per heavy atom. The van der Waals surface area contributed by atoms with Crippen molar-refractivity contribution in [2.24, 2.45) is 0 Å². The van der Waals surface area contributed by atoms with Gasteiger partial charge in [-0.25, -0.2) is 4.98 Å². The van der Waals surface area contributed by atoms with E-state index in [9.17, 15) is 0 Å². The molecule has 0 spiro atoms. The van der Waals surface area contributed by atoms with Crippen LogP contribution in [0.5, 0.6) is 0 Å². The van der Waals surface area contributed by atoms with Gasteiger partial charge in [0.1, 0.15) is 5.52 Å². The van der Waals surface area contributed by atoms with Crippen molar-refractivity contribution < 1.29 is 4.42 Å². The summed E-state index contributed by atoms with van der Waals surface area (Å²) in [6.45, 7) is 4.23. The number of anilines is 1. The summed E-state index contributed by atoms with van der Waals surface area (Å²) in [6, 6.07) is 7.65. The summed E-state index contributed by atoms with van der Waals surface area (Å²) in [7, 11) is 0. The Morgan fingerprint density at radius 3 is 3.00 bits per heavy atom. The summed E-state index contributed by atoms with van der Waals surface area (Å²) >= 11 is 0. The van der Waals surface area contributed by atoms with Crippen molar-refractivity contribution >= 4 is 16.8 Å². The number of nitrogens with zero attached hydrogens (tertiary/aromatic N) is 3. The van der Waals surface area contributed by atoms with Gasteiger partial charge in [0.05, 0.1) is 18.3 Å². The summed E-state index contributed by atoms with van der Waals surface area (Å²) < 4.78 is 5.65. The van der Waals surface area contributed by atoms with Crippen molar-refractivity contribution in [3.05, 3.63) is 24.1 Å². The largest absolute Gasteiger partial charge is 0.439 e. The van der Waals surface area contributed by atoms with Gasteiger partial charge >= 0.3 is 0 Å². The SMILES string of the molecule is CCN(CCC#N)Cc1nc2c(N)cccc2o1. The van der Waals surface area contributed by atoms with E-state index in [0.717, 1.165) is 13.1 Å². The lowest BCUT2D eigenvalue weighted by molar-refractivity contribution is 0.259. The third-order valence-electron chi connectivity index (χ3n) is 2.84. The molecule has 94 valence electrons. The first-order valence-corrected chi connectivity index (χ1v) is 5.97. The molecule has 18 heavy (non-hydrogen) atoms. The van der Waals surface area contributed by atoms with Gasteiger partial charge in [0.15, 0.2) is 5.58 Å². The van der Waals surface area contributed by atoms with Gasteiger partial charge in [0, 0.05) is 13.0 Å². The van der Waals surface area contributed by atoms with Gasteiger partial charge in [0.25, 0.3) is 0 Å². The summed E-state index contributed by atoms with van der Waals surface area (Å²) in [5.41, 5.74) is 7.88. The Bertz CT molecular complexity index is 570. The van der Waals surface area contributed by atoms with Gasteiger partial charge in [-0.05, 0) is 18.7 Å². The highest BCUT2D eigenvalue weighted by Gasteiger charge is 2.11. The molecule has 0 amide bonds. The number of benzene rings is 1. The first-order valence-electron chi connectivity index (χ1n) is 5.97. The van der Waals surface area contributed by atoms with E-state index in [1.54, 1.807) is 0 Å². The van der Waals surface area contributed by atoms with Crippen molar-refractivity contribution in [3.63, 3.8) is 0 Å². The highest BCUT2D eigenvalue weighted by Crippen LogP contribution is 2.21. The molecule has 0 saturated carbocycles. The Balaban J connectivity index is 2.16. The van der Waals surface area contributed by atoms with Crippen molar-refractivity contribution in [2.75, 3.05) is 18.8 Å². The van der Waals surface area contributed by atoms with Crippen molar-refractivity contribution in [3.8, 4) is 6.07 Å². The molecule has 0 fully saturated rings. The highest BCUT2D eigenvalue weighted by atomic mass is 16.3. The third kappa shape index (κ3) is 2.60. The fraction of sp³-hybridized carbons (Fsp3) is 0.385. The van der Waals surface area contributed by atoms with Gasteiger partial charge in [0.2, 0.25) is 5.89 Å². The van der Waals surface area contributed by atoms with Crippen LogP contribution in [0.2, 0.25) is 0 Å². The molecule has 0 aliphatic carbocycles. The number of nitriles is 1. The molecule has 5 heteroatoms. The zero-order valence-electron chi connectivity index (χ0n) is 10.4. The van der Waals surface area contributed by atoms with Gasteiger partial charge in [-0.3, -0.25) is 4.90 Å². The third-order valence-corrected chi connectivity index (χ3v) is 2.84. The molecule has 5 nitrogen and oxygen atoms in total. The molecule has 1 heterocycles. The van der Waals surface area contributed by atoms with Gasteiger partial charge < -0.3 is 10.2 Å². The van der Waals surface area contributed by atoms with E-state index in [-0.39, 0.29) is 0 Å². The number of para-hydroxylation sites is 1. The zero-order chi connectivity index (χ0) is 13.0. The quantitative estimate of drug-likeness (QED) is 0.815. The minimum absolute atomic E-state index is 0.510. The molecule has 1 aromatic heterocycles. The standard InChI is InChI=1S/C13H16N4O/c1-2-17(8-4-7-14)9-12-16-13-10(15)5-3-6-11(13)18-12/h3,5-6H,2,4,8-9,15H2,1H3. The highest BCUT2D eigenvalue weighted by molar-refractivity contribution is 5.85. The molecule has 2 rings (SSSR count). The second-order valence-electron chi connectivity index (χ2n) is 4.08. The number of nitrogen functional groups attached to an aromatic ring is 1. The van der Waals surface area contributed by atoms with Crippen LogP contribution in [0, 0.1) is 11.3 Å². The Labute approximate surface area is 106 Å². The average molecular weight is 244 g/mol. The molecule has 0 aliphatic heterocycles. The first-order chi connectivity index (χ1) is 8.74. The van der Waals surface area contributed by atoms with Crippen LogP contribution in [0.15, 0.2) is 22.6 Å². The van der Waals surface area contributed by atoms with Crippen LogP contribution in [-0.4, -0.2) is 23.0 Å². The molecule has 2 N–H and O–H groups in total. The molecule has 1 aromatic carbocycles. The number of oxazole rings is 1. The molecule has 2 aromatic rings. The molecule has 0 radical (unpaired) electrons. The van der Waals surface area contributed by atoms with E-state index >= 15 is 0 Å². The van der Waals surface area contributed by atoms with Crippen LogP contribution in [0.1, 0.15) is 19.2 Å². The minimum atomic E-state index is 0.510. The topological polar surface area (TPSA) is 79.1 Å². The van der Waals surface area contributed by atoms with Gasteiger partial charge in [-0.15, -0.1) is 0 Å². The van der Waals surface area contributed by atoms with E-state index in [0.29, 0.717) is 35.6 Å². The van der Waals surface area contributed by atoms with Crippen molar-refractivity contribution in [2.45, 2.75) is 19.9 Å². The number of hydrogen-bond donors (Lipinski definition) is 1. The molecule has 0 atom stereocenters. The fourth-order valence-electron chi connectivity index (χ4n) is 1.83. The molecule has 0 aliphatic rings. The van der Waals surface area contributed by atoms with Gasteiger partial charge in [-0.2, -0.15) is 5.26 Å². The average Bonchev–Trinajstić information content (AvgIpc) is 2.78. The lowest BCUT2D eigenvalue weighted by Gasteiger charge is -2.16. The van der Waals surface area contributed by atoms with E-state index < -0.39 is 0 Å². The monoisotopic (exact) mass is 244 g/mol. The van der Waals surface area contributed by atoms with E-state index in [2.05, 4.69) is 16.0 Å². The molecule has 0 unspecified atom stereocenters. The lowest BCUT2D eigenvalue weighted by Crippen LogP contribution is -2.23. The van der Waals surface area contributed by atoms with E-state index in [4.69, 9.17) is 15.4 Å². The lowest BCUT2D eigenvalue weighted by atomic mass is 10.3. The summed E-state index contributed by atoms with van der Waals surface area (Å²) in [4.78, 5) is 6.51. The predicted octanol–water partition coefficient (Wildman–Crippen LogP) is 2.15. The molecular formula is C13H16N4O. The number of hydrogen-bond acceptors (Lipinski definition) is 5. The normalized spacial score (nSPS) is 10.9. The van der Waals surface area contributed by atoms with Crippen molar-refractivity contribution in [1.82, 2.24) is 9.88 Å². The van der Waals surface area contributed by atoms with E-state index in [1.165, 1.54) is 0 Å². The number of nitrogens with two attached hydrogens (primary N) is 1. The van der Waals surface area contributed by atoms with Crippen molar-refractivity contribution in [1.29, 1.82) is 5.26 Å². The Kier molecular flexibility index (Phi) is 3.80. The summed E-state index contributed by atoms with van der Waals surface area (Å²) in [6.07, 6.45) is 0.510. The van der Waals surface area contributed by atoms with Crippen LogP contribution in [0.4, 0.5) is 5.69 Å². The molecule has 0 bridgehead atoms. The fourth-order valence-corrected chi connectivity index (χ4v) is 1.83. The van der Waals surface area contributed by atoms with E-state index in [1.807, 2.05) is 25.1 Å². The zero-order valence-corrected chi connectivity index (χ0v) is 10.4. The predicted molar refractivity (Wildman–Crippen MR) is 69.6 cm³/mol. The summed E-state index contributed by atoms with van der Waals surface area (Å²) in [5, 5.41) is 8.60. The number of rotatable bonds is 5. The van der Waals surface area contributed by atoms with Crippen LogP contribution in [0.25, 0.3) is 11.1 Å². The maximum atomic E-state index is 8.60. The smallest absolute Gasteiger partial charge is 0.209 e. The van der Waals surface area contributed by atoms with Crippen LogP contribution in [-0.2, 0) is 6.54 Å². The van der Waals surface area contributed by atoms with Crippen LogP contribution >= 0.6 is 0 Å². The summed E-state index contributed by atoms with van der Waals surface area (Å²) in [5.74, 6) is 0.641. The minimum Gasteiger partial charge on any atom is -0.439 e. The maximum absolute atomic E-state index is 8.60. The first kappa shape index (κ1) is 12.4. The number of fused-ring (bicyclic) bond motifs is 1. The van der Waals surface area contributed by atoms with Gasteiger partial charge in [-0.1, -0.05) is 13.0 Å². The maximum Gasteiger partial charge on any atom is 0.209 e. The number of aromatic nitrogens is 1. The molecular weight excluding hydrogens is 228 g/mol. The second-order valence-corrected chi connectivity index (χ2v) is 4.08. The van der Waals surface area contributed by atoms with Crippen LogP contribution < -0.4 is 5.73 Å².